The molecule has 2 aliphatic rings. The van der Waals surface area contributed by atoms with Gasteiger partial charge in [0.15, 0.2) is 0 Å². The molecule has 20 heavy (non-hydrogen) atoms. The van der Waals surface area contributed by atoms with Crippen LogP contribution in [0.1, 0.15) is 46.0 Å². The Morgan fingerprint density at radius 2 is 1.95 bits per heavy atom. The number of hydrogen-bond donors (Lipinski definition) is 1. The number of likely N-dealkylation sites (tertiary alicyclic amines) is 1. The molecule has 1 aliphatic heterocycles. The normalized spacial score (nSPS) is 32.5. The highest BCUT2D eigenvalue weighted by Crippen LogP contribution is 2.29. The second-order valence-electron chi connectivity index (χ2n) is 6.62. The molecule has 3 unspecified atom stereocenters. The highest BCUT2D eigenvalue weighted by molar-refractivity contribution is 5.78. The molecule has 0 aromatic rings. The fourth-order valence-corrected chi connectivity index (χ4v) is 3.46. The zero-order valence-corrected chi connectivity index (χ0v) is 12.8. The summed E-state index contributed by atoms with van der Waals surface area (Å²) in [6.45, 7) is 6.79. The van der Waals surface area contributed by atoms with Crippen LogP contribution < -0.4 is 5.32 Å². The van der Waals surface area contributed by atoms with E-state index in [1.54, 1.807) is 0 Å². The van der Waals surface area contributed by atoms with E-state index in [1.165, 1.54) is 12.8 Å². The number of nitrogens with one attached hydrogen (secondary N) is 1. The molecule has 0 aromatic heterocycles. The van der Waals surface area contributed by atoms with E-state index in [0.717, 1.165) is 32.4 Å². The first-order valence-corrected chi connectivity index (χ1v) is 8.01. The van der Waals surface area contributed by atoms with Crippen molar-refractivity contribution < 1.29 is 4.79 Å². The summed E-state index contributed by atoms with van der Waals surface area (Å²) < 4.78 is 0. The van der Waals surface area contributed by atoms with Gasteiger partial charge in [0.05, 0.1) is 12.6 Å². The Morgan fingerprint density at radius 3 is 2.60 bits per heavy atom. The monoisotopic (exact) mass is 277 g/mol. The van der Waals surface area contributed by atoms with Gasteiger partial charge in [0.1, 0.15) is 0 Å². The molecule has 0 radical (unpaired) electrons. The Bertz CT molecular complexity index is 368. The second kappa shape index (κ2) is 7.08. The molecule has 2 fully saturated rings. The molecule has 1 N–H and O–H groups in total. The molecule has 0 spiro atoms. The number of carbonyl (C=O) groups is 1. The minimum absolute atomic E-state index is 0.159. The quantitative estimate of drug-likeness (QED) is 0.860. The van der Waals surface area contributed by atoms with Crippen LogP contribution in [0, 0.1) is 29.1 Å². The van der Waals surface area contributed by atoms with E-state index in [1.807, 2.05) is 0 Å². The average Bonchev–Trinajstić information content (AvgIpc) is 2.45. The zero-order valence-electron chi connectivity index (χ0n) is 12.8. The molecular weight excluding hydrogens is 250 g/mol. The van der Waals surface area contributed by atoms with Gasteiger partial charge in [-0.05, 0) is 44.2 Å². The van der Waals surface area contributed by atoms with E-state index in [2.05, 4.69) is 30.1 Å². The summed E-state index contributed by atoms with van der Waals surface area (Å²) in [5.74, 6) is 1.64. The summed E-state index contributed by atoms with van der Waals surface area (Å²) in [5, 5.41) is 12.1. The molecule has 1 amide bonds. The lowest BCUT2D eigenvalue weighted by Crippen LogP contribution is -2.48. The summed E-state index contributed by atoms with van der Waals surface area (Å²) in [6.07, 6.45) is 5.44. The lowest BCUT2D eigenvalue weighted by Gasteiger charge is -2.35. The topological polar surface area (TPSA) is 56.1 Å². The molecule has 4 nitrogen and oxygen atoms in total. The molecule has 1 saturated carbocycles. The van der Waals surface area contributed by atoms with E-state index in [9.17, 15) is 4.79 Å². The minimum Gasteiger partial charge on any atom is -0.352 e. The standard InChI is InChI=1S/C16H27N3O/c1-12-4-3-5-15(13(12)2)18-16(20)11-19-8-6-14(10-17)7-9-19/h12-15H,3-9,11H2,1-2H3,(H,18,20). The molecule has 4 heteroatoms. The number of rotatable bonds is 3. The van der Waals surface area contributed by atoms with E-state index in [0.29, 0.717) is 24.4 Å². The third-order valence-corrected chi connectivity index (χ3v) is 5.19. The Morgan fingerprint density at radius 1 is 1.25 bits per heavy atom. The SMILES string of the molecule is CC1CCCC(NC(=O)CN2CCC(C#N)CC2)C1C. The van der Waals surface area contributed by atoms with Gasteiger partial charge < -0.3 is 5.32 Å². The number of nitrogens with zero attached hydrogens (tertiary/aromatic N) is 2. The predicted octanol–water partition coefficient (Wildman–Crippen LogP) is 2.16. The Balaban J connectivity index is 1.74. The maximum absolute atomic E-state index is 12.2. The van der Waals surface area contributed by atoms with Gasteiger partial charge in [-0.1, -0.05) is 26.7 Å². The van der Waals surface area contributed by atoms with E-state index >= 15 is 0 Å². The molecule has 1 heterocycles. The lowest BCUT2D eigenvalue weighted by atomic mass is 9.78. The van der Waals surface area contributed by atoms with Gasteiger partial charge in [-0.3, -0.25) is 9.69 Å². The van der Waals surface area contributed by atoms with E-state index < -0.39 is 0 Å². The van der Waals surface area contributed by atoms with Crippen molar-refractivity contribution in [2.75, 3.05) is 19.6 Å². The summed E-state index contributed by atoms with van der Waals surface area (Å²) in [5.41, 5.74) is 0. The highest BCUT2D eigenvalue weighted by atomic mass is 16.2. The number of piperidine rings is 1. The van der Waals surface area contributed by atoms with Crippen molar-refractivity contribution in [3.63, 3.8) is 0 Å². The van der Waals surface area contributed by atoms with Gasteiger partial charge >= 0.3 is 0 Å². The smallest absolute Gasteiger partial charge is 0.234 e. The molecule has 3 atom stereocenters. The zero-order chi connectivity index (χ0) is 14.5. The van der Waals surface area contributed by atoms with Gasteiger partial charge in [0.25, 0.3) is 0 Å². The number of nitriles is 1. The first kappa shape index (κ1) is 15.3. The second-order valence-corrected chi connectivity index (χ2v) is 6.62. The summed E-state index contributed by atoms with van der Waals surface area (Å²) in [6, 6.07) is 2.68. The largest absolute Gasteiger partial charge is 0.352 e. The Kier molecular flexibility index (Phi) is 5.42. The van der Waals surface area contributed by atoms with Gasteiger partial charge in [0, 0.05) is 12.0 Å². The summed E-state index contributed by atoms with van der Waals surface area (Å²) in [7, 11) is 0. The van der Waals surface area contributed by atoms with Crippen molar-refractivity contribution >= 4 is 5.91 Å². The number of hydrogen-bond acceptors (Lipinski definition) is 3. The van der Waals surface area contributed by atoms with Gasteiger partial charge in [-0.15, -0.1) is 0 Å². The van der Waals surface area contributed by atoms with Crippen LogP contribution in [0.15, 0.2) is 0 Å². The number of amides is 1. The van der Waals surface area contributed by atoms with Crippen LogP contribution >= 0.6 is 0 Å². The molecule has 1 aliphatic carbocycles. The van der Waals surface area contributed by atoms with Crippen LogP contribution in [-0.4, -0.2) is 36.5 Å². The molecule has 112 valence electrons. The molecule has 2 rings (SSSR count). The van der Waals surface area contributed by atoms with Crippen molar-refractivity contribution in [1.29, 1.82) is 5.26 Å². The van der Waals surface area contributed by atoms with Crippen LogP contribution in [0.5, 0.6) is 0 Å². The molecule has 1 saturated heterocycles. The maximum atomic E-state index is 12.2. The maximum Gasteiger partial charge on any atom is 0.234 e. The first-order chi connectivity index (χ1) is 9.60. The third kappa shape index (κ3) is 3.96. The Hall–Kier alpha value is -1.08. The minimum atomic E-state index is 0.159. The van der Waals surface area contributed by atoms with Crippen molar-refractivity contribution in [2.24, 2.45) is 17.8 Å². The first-order valence-electron chi connectivity index (χ1n) is 8.01. The fraction of sp³-hybridized carbons (Fsp3) is 0.875. The van der Waals surface area contributed by atoms with Crippen molar-refractivity contribution in [2.45, 2.75) is 52.0 Å². The summed E-state index contributed by atoms with van der Waals surface area (Å²) in [4.78, 5) is 14.3. The van der Waals surface area contributed by atoms with Crippen LogP contribution in [0.4, 0.5) is 0 Å². The highest BCUT2D eigenvalue weighted by Gasteiger charge is 2.28. The van der Waals surface area contributed by atoms with Crippen molar-refractivity contribution in [1.82, 2.24) is 10.2 Å². The third-order valence-electron chi connectivity index (χ3n) is 5.19. The molecule has 0 bridgehead atoms. The van der Waals surface area contributed by atoms with Crippen molar-refractivity contribution in [3.05, 3.63) is 0 Å². The van der Waals surface area contributed by atoms with Crippen LogP contribution in [-0.2, 0) is 4.79 Å². The van der Waals surface area contributed by atoms with E-state index in [-0.39, 0.29) is 11.8 Å². The fourth-order valence-electron chi connectivity index (χ4n) is 3.46. The van der Waals surface area contributed by atoms with Gasteiger partial charge in [0.2, 0.25) is 5.91 Å². The van der Waals surface area contributed by atoms with Crippen LogP contribution in [0.3, 0.4) is 0 Å². The van der Waals surface area contributed by atoms with Gasteiger partial charge in [-0.25, -0.2) is 0 Å². The predicted molar refractivity (Wildman–Crippen MR) is 78.9 cm³/mol. The molecular formula is C16H27N3O. The number of carbonyl (C=O) groups excluding carboxylic acids is 1. The van der Waals surface area contributed by atoms with Gasteiger partial charge in [-0.2, -0.15) is 5.26 Å². The Labute approximate surface area is 122 Å². The lowest BCUT2D eigenvalue weighted by molar-refractivity contribution is -0.124. The van der Waals surface area contributed by atoms with E-state index in [4.69, 9.17) is 5.26 Å². The molecule has 0 aromatic carbocycles. The summed E-state index contributed by atoms with van der Waals surface area (Å²) >= 11 is 0. The average molecular weight is 277 g/mol. The van der Waals surface area contributed by atoms with Crippen molar-refractivity contribution in [3.8, 4) is 6.07 Å². The van der Waals surface area contributed by atoms with Crippen LogP contribution in [0.2, 0.25) is 0 Å². The van der Waals surface area contributed by atoms with Crippen LogP contribution in [0.25, 0.3) is 0 Å².